The highest BCUT2D eigenvalue weighted by Gasteiger charge is 2.34. The van der Waals surface area contributed by atoms with E-state index in [2.05, 4.69) is 5.32 Å². The molecule has 0 bridgehead atoms. The number of sulfonamides is 1. The number of hydrogen-bond donors (Lipinski definition) is 1. The molecule has 0 unspecified atom stereocenters. The summed E-state index contributed by atoms with van der Waals surface area (Å²) >= 11 is 0. The molecular weight excluding hydrogens is 533 g/mol. The summed E-state index contributed by atoms with van der Waals surface area (Å²) in [7, 11) is -2.81. The van der Waals surface area contributed by atoms with Gasteiger partial charge in [-0.3, -0.25) is 13.9 Å². The van der Waals surface area contributed by atoms with Gasteiger partial charge in [0.2, 0.25) is 11.8 Å². The summed E-state index contributed by atoms with van der Waals surface area (Å²) in [5.41, 5.74) is 0.967. The van der Waals surface area contributed by atoms with Gasteiger partial charge in [0, 0.05) is 12.1 Å². The van der Waals surface area contributed by atoms with E-state index >= 15 is 0 Å². The summed E-state index contributed by atoms with van der Waals surface area (Å²) in [5.74, 6) is -1.20. The molecule has 0 heterocycles. The Bertz CT molecular complexity index is 1440. The predicted molar refractivity (Wildman–Crippen MR) is 153 cm³/mol. The zero-order valence-corrected chi connectivity index (χ0v) is 24.5. The molecule has 3 rings (SSSR count). The van der Waals surface area contributed by atoms with Crippen molar-refractivity contribution in [2.24, 2.45) is 0 Å². The van der Waals surface area contributed by atoms with Gasteiger partial charge >= 0.3 is 0 Å². The summed E-state index contributed by atoms with van der Waals surface area (Å²) < 4.78 is 47.9. The molecule has 8 nitrogen and oxygen atoms in total. The van der Waals surface area contributed by atoms with Gasteiger partial charge in [-0.15, -0.1) is 0 Å². The first kappa shape index (κ1) is 30.6. The van der Waals surface area contributed by atoms with Gasteiger partial charge in [-0.2, -0.15) is 0 Å². The number of methoxy groups -OCH3 is 1. The van der Waals surface area contributed by atoms with Crippen molar-refractivity contribution in [3.63, 3.8) is 0 Å². The lowest BCUT2D eigenvalue weighted by molar-refractivity contribution is -0.140. The Kier molecular flexibility index (Phi) is 9.57. The van der Waals surface area contributed by atoms with Crippen molar-refractivity contribution in [1.29, 1.82) is 0 Å². The minimum Gasteiger partial charge on any atom is -0.495 e. The van der Waals surface area contributed by atoms with Gasteiger partial charge in [-0.1, -0.05) is 36.4 Å². The number of rotatable bonds is 10. The van der Waals surface area contributed by atoms with E-state index in [-0.39, 0.29) is 22.9 Å². The quantitative estimate of drug-likeness (QED) is 0.383. The van der Waals surface area contributed by atoms with Crippen molar-refractivity contribution in [2.75, 3.05) is 18.0 Å². The second-order valence-corrected chi connectivity index (χ2v) is 12.4. The number of nitrogens with one attached hydrogen (secondary N) is 1. The maximum atomic E-state index is 14.0. The maximum Gasteiger partial charge on any atom is 0.264 e. The van der Waals surface area contributed by atoms with Gasteiger partial charge in [-0.05, 0) is 82.1 Å². The van der Waals surface area contributed by atoms with Crippen LogP contribution in [0.5, 0.6) is 5.75 Å². The molecular formula is C30H36FN3O5S. The lowest BCUT2D eigenvalue weighted by Gasteiger charge is -2.33. The van der Waals surface area contributed by atoms with Crippen molar-refractivity contribution in [3.05, 3.63) is 89.7 Å². The molecule has 0 aliphatic rings. The van der Waals surface area contributed by atoms with E-state index in [1.54, 1.807) is 50.2 Å². The molecule has 0 aliphatic carbocycles. The van der Waals surface area contributed by atoms with Crippen LogP contribution in [0, 0.1) is 12.7 Å². The SMILES string of the molecule is COc1ccc(C)cc1N(CC(=O)N(Cc1ccc(F)cc1)[C@H](C)C(=O)NC(C)(C)C)S(=O)(=O)c1ccccc1. The third-order valence-corrected chi connectivity index (χ3v) is 7.92. The van der Waals surface area contributed by atoms with Crippen LogP contribution in [-0.4, -0.2) is 50.4 Å². The predicted octanol–water partition coefficient (Wildman–Crippen LogP) is 4.67. The fourth-order valence-electron chi connectivity index (χ4n) is 4.07. The van der Waals surface area contributed by atoms with Gasteiger partial charge in [0.05, 0.1) is 17.7 Å². The maximum absolute atomic E-state index is 14.0. The highest BCUT2D eigenvalue weighted by atomic mass is 32.2. The first-order chi connectivity index (χ1) is 18.7. The zero-order valence-electron chi connectivity index (χ0n) is 23.6. The molecule has 0 radical (unpaired) electrons. The number of aryl methyl sites for hydroxylation is 1. The number of hydrogen-bond acceptors (Lipinski definition) is 5. The molecule has 0 saturated carbocycles. The van der Waals surface area contributed by atoms with Crippen LogP contribution in [0.25, 0.3) is 0 Å². The molecule has 214 valence electrons. The summed E-state index contributed by atoms with van der Waals surface area (Å²) in [6.45, 7) is 8.20. The molecule has 0 aliphatic heterocycles. The van der Waals surface area contributed by atoms with Crippen LogP contribution in [0.4, 0.5) is 10.1 Å². The number of ether oxygens (including phenoxy) is 1. The van der Waals surface area contributed by atoms with Gasteiger partial charge in [-0.25, -0.2) is 12.8 Å². The standard InChI is InChI=1S/C30H36FN3O5S/c1-21-12-17-27(39-6)26(18-21)34(40(37,38)25-10-8-7-9-11-25)20-28(35)33(19-23-13-15-24(31)16-14-23)22(2)29(36)32-30(3,4)5/h7-18,22H,19-20H2,1-6H3,(H,32,36)/t22-/m1/s1. The fraction of sp³-hybridized carbons (Fsp3) is 0.333. The van der Waals surface area contributed by atoms with E-state index in [0.29, 0.717) is 5.56 Å². The van der Waals surface area contributed by atoms with Crippen molar-refractivity contribution in [2.45, 2.75) is 57.6 Å². The average Bonchev–Trinajstić information content (AvgIpc) is 2.90. The van der Waals surface area contributed by atoms with Crippen LogP contribution in [0.15, 0.2) is 77.7 Å². The Morgan fingerprint density at radius 1 is 1.00 bits per heavy atom. The van der Waals surface area contributed by atoms with Crippen molar-refractivity contribution >= 4 is 27.5 Å². The van der Waals surface area contributed by atoms with Crippen molar-refractivity contribution < 1.29 is 27.1 Å². The first-order valence-corrected chi connectivity index (χ1v) is 14.3. The molecule has 1 atom stereocenters. The normalized spacial score (nSPS) is 12.4. The van der Waals surface area contributed by atoms with Gasteiger partial charge < -0.3 is 15.0 Å². The third kappa shape index (κ3) is 7.59. The van der Waals surface area contributed by atoms with E-state index < -0.39 is 45.8 Å². The minimum absolute atomic E-state index is 0.00466. The topological polar surface area (TPSA) is 96.0 Å². The van der Waals surface area contributed by atoms with Gasteiger partial charge in [0.15, 0.2) is 0 Å². The van der Waals surface area contributed by atoms with Crippen molar-refractivity contribution in [1.82, 2.24) is 10.2 Å². The molecule has 0 spiro atoms. The number of nitrogens with zero attached hydrogens (tertiary/aromatic N) is 2. The molecule has 3 aromatic rings. The summed E-state index contributed by atoms with van der Waals surface area (Å²) in [5, 5.41) is 2.87. The monoisotopic (exact) mass is 569 g/mol. The molecule has 1 N–H and O–H groups in total. The number of benzene rings is 3. The van der Waals surface area contributed by atoms with Crippen molar-refractivity contribution in [3.8, 4) is 5.75 Å². The Morgan fingerprint density at radius 3 is 2.20 bits per heavy atom. The van der Waals surface area contributed by atoms with E-state index in [9.17, 15) is 22.4 Å². The highest BCUT2D eigenvalue weighted by Crippen LogP contribution is 2.33. The van der Waals surface area contributed by atoms with Crippen LogP contribution in [0.1, 0.15) is 38.8 Å². The lowest BCUT2D eigenvalue weighted by Crippen LogP contribution is -2.54. The molecule has 0 aromatic heterocycles. The molecule has 0 fully saturated rings. The lowest BCUT2D eigenvalue weighted by atomic mass is 10.1. The number of anilines is 1. The molecule has 2 amide bonds. The fourth-order valence-corrected chi connectivity index (χ4v) is 5.51. The zero-order chi connectivity index (χ0) is 29.7. The van der Waals surface area contributed by atoms with Gasteiger partial charge in [0.25, 0.3) is 10.0 Å². The first-order valence-electron chi connectivity index (χ1n) is 12.8. The van der Waals surface area contributed by atoms with Crippen LogP contribution in [-0.2, 0) is 26.2 Å². The highest BCUT2D eigenvalue weighted by molar-refractivity contribution is 7.92. The van der Waals surface area contributed by atoms with Crippen LogP contribution in [0.3, 0.4) is 0 Å². The van der Waals surface area contributed by atoms with E-state index in [4.69, 9.17) is 4.74 Å². The Morgan fingerprint density at radius 2 is 1.62 bits per heavy atom. The van der Waals surface area contributed by atoms with E-state index in [1.165, 1.54) is 48.4 Å². The Hall–Kier alpha value is -3.92. The number of carbonyl (C=O) groups excluding carboxylic acids is 2. The summed E-state index contributed by atoms with van der Waals surface area (Å²) in [6.07, 6.45) is 0. The van der Waals surface area contributed by atoms with Crippen LogP contribution >= 0.6 is 0 Å². The smallest absolute Gasteiger partial charge is 0.264 e. The second kappa shape index (κ2) is 12.5. The molecule has 10 heteroatoms. The molecule has 3 aromatic carbocycles. The van der Waals surface area contributed by atoms with Crippen LogP contribution in [0.2, 0.25) is 0 Å². The van der Waals surface area contributed by atoms with E-state index in [0.717, 1.165) is 9.87 Å². The molecule has 40 heavy (non-hydrogen) atoms. The van der Waals surface area contributed by atoms with Gasteiger partial charge in [0.1, 0.15) is 24.2 Å². The number of amides is 2. The Balaban J connectivity index is 2.09. The van der Waals surface area contributed by atoms with Crippen LogP contribution < -0.4 is 14.4 Å². The largest absolute Gasteiger partial charge is 0.495 e. The minimum atomic E-state index is -4.23. The average molecular weight is 570 g/mol. The molecule has 0 saturated heterocycles. The second-order valence-electron chi connectivity index (χ2n) is 10.6. The Labute approximate surface area is 235 Å². The summed E-state index contributed by atoms with van der Waals surface area (Å²) in [6, 6.07) is 17.4. The number of carbonyl (C=O) groups is 2. The summed E-state index contributed by atoms with van der Waals surface area (Å²) in [4.78, 5) is 28.4. The number of halogens is 1. The third-order valence-electron chi connectivity index (χ3n) is 6.14. The van der Waals surface area contributed by atoms with E-state index in [1.807, 2.05) is 20.8 Å².